The average Bonchev–Trinajstić information content (AvgIpc) is 2.67. The predicted octanol–water partition coefficient (Wildman–Crippen LogP) is 3.42. The molecule has 0 spiro atoms. The van der Waals surface area contributed by atoms with Gasteiger partial charge in [-0.3, -0.25) is 9.36 Å². The number of benzene rings is 1. The summed E-state index contributed by atoms with van der Waals surface area (Å²) < 4.78 is 12.1. The largest absolute Gasteiger partial charge is 0.497 e. The van der Waals surface area contributed by atoms with Crippen molar-refractivity contribution in [3.63, 3.8) is 0 Å². The minimum Gasteiger partial charge on any atom is -0.497 e. The molecule has 0 saturated carbocycles. The van der Waals surface area contributed by atoms with Gasteiger partial charge in [0.25, 0.3) is 5.56 Å². The second-order valence-electron chi connectivity index (χ2n) is 6.13. The van der Waals surface area contributed by atoms with Crippen molar-refractivity contribution in [2.24, 2.45) is 0 Å². The second kappa shape index (κ2) is 8.02. The Labute approximate surface area is 162 Å². The molecule has 0 aliphatic heterocycles. The van der Waals surface area contributed by atoms with Gasteiger partial charge in [0.15, 0.2) is 5.65 Å². The first-order chi connectivity index (χ1) is 13.0. The van der Waals surface area contributed by atoms with Gasteiger partial charge in [-0.05, 0) is 31.5 Å². The number of hydrogen-bond donors (Lipinski definition) is 0. The lowest BCUT2D eigenvalue weighted by atomic mass is 10.1. The average molecular weight is 389 g/mol. The maximum absolute atomic E-state index is 12.8. The maximum atomic E-state index is 12.8. The molecule has 1 atom stereocenters. The zero-order chi connectivity index (χ0) is 19.6. The van der Waals surface area contributed by atoms with E-state index in [0.29, 0.717) is 45.5 Å². The molecule has 0 aliphatic rings. The molecule has 27 heavy (non-hydrogen) atoms. The highest BCUT2D eigenvalue weighted by molar-refractivity contribution is 6.33. The number of methoxy groups -OCH3 is 2. The third kappa shape index (κ3) is 3.52. The van der Waals surface area contributed by atoms with E-state index in [1.807, 2.05) is 13.0 Å². The minimum atomic E-state index is -0.183. The summed E-state index contributed by atoms with van der Waals surface area (Å²) in [6.07, 6.45) is 2.14. The van der Waals surface area contributed by atoms with E-state index >= 15 is 0 Å². The van der Waals surface area contributed by atoms with Gasteiger partial charge in [-0.25, -0.2) is 15.0 Å². The number of ether oxygens (including phenoxy) is 2. The first-order valence-electron chi connectivity index (χ1n) is 8.58. The van der Waals surface area contributed by atoms with E-state index in [0.717, 1.165) is 6.42 Å². The SMILES string of the molecule is CC[C@H](COC)n1c(=O)c(C)nc2c(-c3ccc(OC)cc3Cl)ncnc21. The molecule has 0 unspecified atom stereocenters. The van der Waals surface area contributed by atoms with Gasteiger partial charge >= 0.3 is 0 Å². The molecule has 142 valence electrons. The molecule has 0 fully saturated rings. The van der Waals surface area contributed by atoms with E-state index in [-0.39, 0.29) is 11.6 Å². The van der Waals surface area contributed by atoms with Crippen LogP contribution in [0.15, 0.2) is 29.3 Å². The first-order valence-corrected chi connectivity index (χ1v) is 8.96. The van der Waals surface area contributed by atoms with Gasteiger partial charge in [0.1, 0.15) is 29.0 Å². The molecule has 0 aliphatic carbocycles. The van der Waals surface area contributed by atoms with Crippen molar-refractivity contribution in [3.05, 3.63) is 45.6 Å². The van der Waals surface area contributed by atoms with E-state index in [1.54, 1.807) is 37.8 Å². The molecular formula is C19H21ClN4O3. The van der Waals surface area contributed by atoms with Crippen LogP contribution in [0.3, 0.4) is 0 Å². The molecule has 1 aromatic carbocycles. The van der Waals surface area contributed by atoms with Crippen LogP contribution in [0.5, 0.6) is 5.75 Å². The molecule has 0 N–H and O–H groups in total. The van der Waals surface area contributed by atoms with E-state index in [9.17, 15) is 4.79 Å². The Morgan fingerprint density at radius 1 is 1.26 bits per heavy atom. The quantitative estimate of drug-likeness (QED) is 0.643. The summed E-state index contributed by atoms with van der Waals surface area (Å²) in [6, 6.07) is 5.19. The number of aromatic nitrogens is 4. The lowest BCUT2D eigenvalue weighted by molar-refractivity contribution is 0.153. The number of fused-ring (bicyclic) bond motifs is 1. The van der Waals surface area contributed by atoms with Crippen molar-refractivity contribution >= 4 is 22.8 Å². The lowest BCUT2D eigenvalue weighted by Crippen LogP contribution is -2.30. The zero-order valence-corrected chi connectivity index (χ0v) is 16.4. The summed E-state index contributed by atoms with van der Waals surface area (Å²) in [7, 11) is 3.19. The third-order valence-corrected chi connectivity index (χ3v) is 4.78. The summed E-state index contributed by atoms with van der Waals surface area (Å²) in [5, 5.41) is 0.482. The summed E-state index contributed by atoms with van der Waals surface area (Å²) in [6.45, 7) is 4.09. The first kappa shape index (κ1) is 19.3. The van der Waals surface area contributed by atoms with Gasteiger partial charge in [0, 0.05) is 12.7 Å². The predicted molar refractivity (Wildman–Crippen MR) is 105 cm³/mol. The van der Waals surface area contributed by atoms with Crippen molar-refractivity contribution in [1.29, 1.82) is 0 Å². The Bertz CT molecular complexity index is 1040. The number of rotatable bonds is 6. The van der Waals surface area contributed by atoms with Crippen LogP contribution in [0.25, 0.3) is 22.4 Å². The Morgan fingerprint density at radius 2 is 2.04 bits per heavy atom. The topological polar surface area (TPSA) is 79.1 Å². The van der Waals surface area contributed by atoms with Gasteiger partial charge in [-0.1, -0.05) is 18.5 Å². The third-order valence-electron chi connectivity index (χ3n) is 4.47. The molecule has 2 heterocycles. The highest BCUT2D eigenvalue weighted by Crippen LogP contribution is 2.33. The monoisotopic (exact) mass is 388 g/mol. The van der Waals surface area contributed by atoms with Gasteiger partial charge < -0.3 is 9.47 Å². The van der Waals surface area contributed by atoms with Crippen LogP contribution >= 0.6 is 11.6 Å². The van der Waals surface area contributed by atoms with E-state index in [4.69, 9.17) is 21.1 Å². The van der Waals surface area contributed by atoms with Crippen molar-refractivity contribution in [2.45, 2.75) is 26.3 Å². The summed E-state index contributed by atoms with van der Waals surface area (Å²) in [5.41, 5.74) is 2.44. The fourth-order valence-corrected chi connectivity index (χ4v) is 3.31. The molecule has 3 aromatic rings. The van der Waals surface area contributed by atoms with Crippen molar-refractivity contribution in [1.82, 2.24) is 19.5 Å². The second-order valence-corrected chi connectivity index (χ2v) is 6.54. The summed E-state index contributed by atoms with van der Waals surface area (Å²) in [4.78, 5) is 26.0. The van der Waals surface area contributed by atoms with Crippen LogP contribution in [0.4, 0.5) is 0 Å². The molecule has 0 amide bonds. The number of nitrogens with zero attached hydrogens (tertiary/aromatic N) is 4. The van der Waals surface area contributed by atoms with Gasteiger partial charge in [0.05, 0.1) is 24.8 Å². The van der Waals surface area contributed by atoms with E-state index in [1.165, 1.54) is 6.33 Å². The Balaban J connectivity index is 2.32. The van der Waals surface area contributed by atoms with Crippen LogP contribution in [0.1, 0.15) is 25.1 Å². The van der Waals surface area contributed by atoms with Crippen LogP contribution in [0.2, 0.25) is 5.02 Å². The molecule has 8 heteroatoms. The summed E-state index contributed by atoms with van der Waals surface area (Å²) >= 11 is 6.44. The Kier molecular flexibility index (Phi) is 5.72. The van der Waals surface area contributed by atoms with Crippen LogP contribution in [0, 0.1) is 6.92 Å². The van der Waals surface area contributed by atoms with E-state index in [2.05, 4.69) is 15.0 Å². The fourth-order valence-electron chi connectivity index (χ4n) is 3.05. The minimum absolute atomic E-state index is 0.152. The van der Waals surface area contributed by atoms with Gasteiger partial charge in [-0.15, -0.1) is 0 Å². The molecule has 0 radical (unpaired) electrons. The normalized spacial score (nSPS) is 12.3. The molecular weight excluding hydrogens is 368 g/mol. The van der Waals surface area contributed by atoms with Crippen LogP contribution < -0.4 is 10.3 Å². The molecule has 0 bridgehead atoms. The van der Waals surface area contributed by atoms with Crippen molar-refractivity contribution in [3.8, 4) is 17.0 Å². The Morgan fingerprint density at radius 3 is 2.67 bits per heavy atom. The number of aryl methyl sites for hydroxylation is 1. The highest BCUT2D eigenvalue weighted by atomic mass is 35.5. The maximum Gasteiger partial charge on any atom is 0.273 e. The number of hydrogen-bond acceptors (Lipinski definition) is 6. The molecule has 2 aromatic heterocycles. The molecule has 3 rings (SSSR count). The Hall–Kier alpha value is -2.51. The zero-order valence-electron chi connectivity index (χ0n) is 15.7. The molecule has 0 saturated heterocycles. The van der Waals surface area contributed by atoms with Crippen LogP contribution in [-0.4, -0.2) is 40.3 Å². The van der Waals surface area contributed by atoms with Crippen molar-refractivity contribution < 1.29 is 9.47 Å². The smallest absolute Gasteiger partial charge is 0.273 e. The fraction of sp³-hybridized carbons (Fsp3) is 0.368. The lowest BCUT2D eigenvalue weighted by Gasteiger charge is -2.20. The highest BCUT2D eigenvalue weighted by Gasteiger charge is 2.20. The van der Waals surface area contributed by atoms with Crippen molar-refractivity contribution in [2.75, 3.05) is 20.8 Å². The number of halogens is 1. The standard InChI is InChI=1S/C19H21ClN4O3/c1-5-12(9-26-3)24-18-17(23-11(2)19(24)25)16(21-10-22-18)14-7-6-13(27-4)8-15(14)20/h6-8,10,12H,5,9H2,1-4H3/t12-/m1/s1. The van der Waals surface area contributed by atoms with E-state index < -0.39 is 0 Å². The molecule has 7 nitrogen and oxygen atoms in total. The summed E-state index contributed by atoms with van der Waals surface area (Å²) in [5.74, 6) is 0.648. The van der Waals surface area contributed by atoms with Crippen LogP contribution in [-0.2, 0) is 4.74 Å². The van der Waals surface area contributed by atoms with Gasteiger partial charge in [0.2, 0.25) is 0 Å². The van der Waals surface area contributed by atoms with Gasteiger partial charge in [-0.2, -0.15) is 0 Å².